The van der Waals surface area contributed by atoms with Crippen LogP contribution in [-0.2, 0) is 7.05 Å². The lowest BCUT2D eigenvalue weighted by atomic mass is 10.1. The van der Waals surface area contributed by atoms with Crippen LogP contribution in [0.5, 0.6) is 0 Å². The monoisotopic (exact) mass is 428 g/mol. The molecule has 1 aliphatic heterocycles. The normalized spacial score (nSPS) is 16.6. The molecule has 10 heteroatoms. The van der Waals surface area contributed by atoms with Crippen LogP contribution >= 0.6 is 22.9 Å². The fraction of sp³-hybridized carbons (Fsp3) is 0.263. The molecule has 4 aromatic heterocycles. The second-order valence-corrected chi connectivity index (χ2v) is 8.47. The Labute approximate surface area is 174 Å². The minimum absolute atomic E-state index is 0.0523. The standard InChI is InChI=1S/C19H17ClN6O2S/c1-25-18(11-4-5-21-17(27)8-11)22-23-19(25)26-6-2-3-14(26)13-9-15(28-24-13)12-7-16(20)29-10-12/h4-5,7-10,14H,2-3,6H2,1H3,(H,21,27)/t14-/m1/s1. The lowest BCUT2D eigenvalue weighted by Gasteiger charge is -2.23. The molecule has 0 amide bonds. The molecule has 1 atom stereocenters. The van der Waals surface area contributed by atoms with Gasteiger partial charge in [-0.25, -0.2) is 0 Å². The molecule has 0 bridgehead atoms. The zero-order valence-electron chi connectivity index (χ0n) is 15.5. The summed E-state index contributed by atoms with van der Waals surface area (Å²) in [4.78, 5) is 16.5. The predicted molar refractivity (Wildman–Crippen MR) is 111 cm³/mol. The Bertz CT molecular complexity index is 1230. The van der Waals surface area contributed by atoms with Crippen LogP contribution in [0.25, 0.3) is 22.7 Å². The van der Waals surface area contributed by atoms with E-state index in [1.807, 2.05) is 35.2 Å². The van der Waals surface area contributed by atoms with Gasteiger partial charge in [-0.3, -0.25) is 9.36 Å². The number of rotatable bonds is 4. The van der Waals surface area contributed by atoms with Gasteiger partial charge >= 0.3 is 0 Å². The quantitative estimate of drug-likeness (QED) is 0.530. The van der Waals surface area contributed by atoms with Gasteiger partial charge in [0, 0.05) is 48.4 Å². The first-order chi connectivity index (χ1) is 14.1. The van der Waals surface area contributed by atoms with Gasteiger partial charge in [-0.2, -0.15) is 0 Å². The Morgan fingerprint density at radius 1 is 1.28 bits per heavy atom. The van der Waals surface area contributed by atoms with Gasteiger partial charge in [0.15, 0.2) is 11.6 Å². The number of aromatic amines is 1. The van der Waals surface area contributed by atoms with Crippen molar-refractivity contribution in [2.45, 2.75) is 18.9 Å². The number of anilines is 1. The maximum Gasteiger partial charge on any atom is 0.248 e. The molecule has 0 aromatic carbocycles. The van der Waals surface area contributed by atoms with Crippen LogP contribution in [0, 0.1) is 0 Å². The molecule has 1 fully saturated rings. The summed E-state index contributed by atoms with van der Waals surface area (Å²) in [6.07, 6.45) is 3.58. The topological polar surface area (TPSA) is 92.8 Å². The number of nitrogens with one attached hydrogen (secondary N) is 1. The summed E-state index contributed by atoms with van der Waals surface area (Å²) in [5.41, 5.74) is 2.35. The Morgan fingerprint density at radius 2 is 2.17 bits per heavy atom. The lowest BCUT2D eigenvalue weighted by molar-refractivity contribution is 0.416. The minimum Gasteiger partial charge on any atom is -0.356 e. The third-order valence-electron chi connectivity index (χ3n) is 5.12. The Morgan fingerprint density at radius 3 is 2.97 bits per heavy atom. The van der Waals surface area contributed by atoms with E-state index in [0.29, 0.717) is 15.9 Å². The number of pyridine rings is 1. The minimum atomic E-state index is -0.172. The average Bonchev–Trinajstić information content (AvgIpc) is 3.47. The fourth-order valence-corrected chi connectivity index (χ4v) is 4.61. The molecular weight excluding hydrogens is 412 g/mol. The highest BCUT2D eigenvalue weighted by molar-refractivity contribution is 7.14. The molecule has 8 nitrogen and oxygen atoms in total. The van der Waals surface area contributed by atoms with Crippen molar-refractivity contribution in [3.63, 3.8) is 0 Å². The third-order valence-corrected chi connectivity index (χ3v) is 6.21. The van der Waals surface area contributed by atoms with Crippen LogP contribution in [0.1, 0.15) is 24.6 Å². The van der Waals surface area contributed by atoms with Gasteiger partial charge in [-0.15, -0.1) is 21.5 Å². The second-order valence-electron chi connectivity index (χ2n) is 6.93. The predicted octanol–water partition coefficient (Wildman–Crippen LogP) is 3.88. The van der Waals surface area contributed by atoms with Crippen molar-refractivity contribution in [2.75, 3.05) is 11.4 Å². The molecule has 0 saturated carbocycles. The van der Waals surface area contributed by atoms with Crippen LogP contribution in [0.15, 0.2) is 45.2 Å². The van der Waals surface area contributed by atoms with E-state index >= 15 is 0 Å². The SMILES string of the molecule is Cn1c(-c2cc[nH]c(=O)c2)nnc1N1CCC[C@@H]1c1cc(-c2csc(Cl)c2)on1. The van der Waals surface area contributed by atoms with Crippen LogP contribution in [0.4, 0.5) is 5.95 Å². The first-order valence-corrected chi connectivity index (χ1v) is 10.4. The van der Waals surface area contributed by atoms with Gasteiger partial charge in [0.25, 0.3) is 0 Å². The molecule has 0 aliphatic carbocycles. The van der Waals surface area contributed by atoms with E-state index in [2.05, 4.69) is 25.2 Å². The Balaban J connectivity index is 1.46. The number of hydrogen-bond donors (Lipinski definition) is 1. The molecule has 5 rings (SSSR count). The fourth-order valence-electron chi connectivity index (χ4n) is 3.74. The van der Waals surface area contributed by atoms with Gasteiger partial charge in [0.2, 0.25) is 11.5 Å². The van der Waals surface area contributed by atoms with E-state index in [9.17, 15) is 4.79 Å². The molecule has 0 unspecified atom stereocenters. The largest absolute Gasteiger partial charge is 0.356 e. The van der Waals surface area contributed by atoms with Crippen molar-refractivity contribution < 1.29 is 4.52 Å². The van der Waals surface area contributed by atoms with Crippen molar-refractivity contribution in [1.29, 1.82) is 0 Å². The van der Waals surface area contributed by atoms with E-state index < -0.39 is 0 Å². The van der Waals surface area contributed by atoms with Gasteiger partial charge in [-0.1, -0.05) is 16.8 Å². The summed E-state index contributed by atoms with van der Waals surface area (Å²) in [6.45, 7) is 0.846. The molecular formula is C19H17ClN6O2S. The lowest BCUT2D eigenvalue weighted by Crippen LogP contribution is -2.25. The van der Waals surface area contributed by atoms with Crippen LogP contribution in [0.3, 0.4) is 0 Å². The van der Waals surface area contributed by atoms with Crippen molar-refractivity contribution >= 4 is 28.9 Å². The molecule has 1 aliphatic rings. The van der Waals surface area contributed by atoms with E-state index in [4.69, 9.17) is 16.1 Å². The van der Waals surface area contributed by atoms with Gasteiger partial charge in [-0.05, 0) is 25.0 Å². The number of thiophene rings is 1. The van der Waals surface area contributed by atoms with Crippen molar-refractivity contribution in [3.8, 4) is 22.7 Å². The molecule has 0 spiro atoms. The second kappa shape index (κ2) is 7.16. The summed E-state index contributed by atoms with van der Waals surface area (Å²) in [5.74, 6) is 2.09. The van der Waals surface area contributed by atoms with E-state index in [0.717, 1.165) is 42.2 Å². The summed E-state index contributed by atoms with van der Waals surface area (Å²) in [6, 6.07) is 7.23. The van der Waals surface area contributed by atoms with E-state index in [1.54, 1.807) is 6.20 Å². The molecule has 1 saturated heterocycles. The van der Waals surface area contributed by atoms with Gasteiger partial charge in [0.1, 0.15) is 5.69 Å². The molecule has 148 valence electrons. The van der Waals surface area contributed by atoms with Crippen LogP contribution in [-0.4, -0.2) is 31.4 Å². The van der Waals surface area contributed by atoms with Gasteiger partial charge in [0.05, 0.1) is 10.4 Å². The highest BCUT2D eigenvalue weighted by Gasteiger charge is 2.32. The summed E-state index contributed by atoms with van der Waals surface area (Å²) >= 11 is 7.50. The third kappa shape index (κ3) is 3.26. The first-order valence-electron chi connectivity index (χ1n) is 9.16. The van der Waals surface area contributed by atoms with Crippen molar-refractivity contribution in [3.05, 3.63) is 56.2 Å². The maximum absolute atomic E-state index is 11.6. The smallest absolute Gasteiger partial charge is 0.248 e. The van der Waals surface area contributed by atoms with E-state index in [-0.39, 0.29) is 11.6 Å². The number of nitrogens with zero attached hydrogens (tertiary/aromatic N) is 5. The number of aromatic nitrogens is 5. The molecule has 1 N–H and O–H groups in total. The Hall–Kier alpha value is -2.91. The molecule has 4 aromatic rings. The number of H-pyrrole nitrogens is 1. The Kier molecular flexibility index (Phi) is 4.48. The summed E-state index contributed by atoms with van der Waals surface area (Å²) in [7, 11) is 1.91. The first kappa shape index (κ1) is 18.1. The van der Waals surface area contributed by atoms with E-state index in [1.165, 1.54) is 17.4 Å². The maximum atomic E-state index is 11.6. The van der Waals surface area contributed by atoms with Crippen LogP contribution < -0.4 is 10.5 Å². The number of halogens is 1. The average molecular weight is 429 g/mol. The molecule has 29 heavy (non-hydrogen) atoms. The van der Waals surface area contributed by atoms with Crippen LogP contribution in [0.2, 0.25) is 4.34 Å². The van der Waals surface area contributed by atoms with Crippen molar-refractivity contribution in [2.24, 2.45) is 7.05 Å². The molecule has 5 heterocycles. The number of hydrogen-bond acceptors (Lipinski definition) is 7. The molecule has 0 radical (unpaired) electrons. The summed E-state index contributed by atoms with van der Waals surface area (Å²) < 4.78 is 8.19. The summed E-state index contributed by atoms with van der Waals surface area (Å²) in [5, 5.41) is 15.0. The zero-order chi connectivity index (χ0) is 20.0. The van der Waals surface area contributed by atoms with Crippen molar-refractivity contribution in [1.82, 2.24) is 24.9 Å². The highest BCUT2D eigenvalue weighted by Crippen LogP contribution is 2.37. The van der Waals surface area contributed by atoms with Gasteiger partial charge < -0.3 is 14.4 Å². The zero-order valence-corrected chi connectivity index (χ0v) is 17.1. The highest BCUT2D eigenvalue weighted by atomic mass is 35.5.